The van der Waals surface area contributed by atoms with Crippen LogP contribution >= 0.6 is 0 Å². The van der Waals surface area contributed by atoms with E-state index in [-0.39, 0.29) is 32.3 Å². The average molecular weight is 448 g/mol. The molecule has 30 heavy (non-hydrogen) atoms. The van der Waals surface area contributed by atoms with Crippen LogP contribution in [0.5, 0.6) is 0 Å². The first-order chi connectivity index (χ1) is 14.0. The van der Waals surface area contributed by atoms with Crippen LogP contribution in [-0.4, -0.2) is 37.8 Å². The Bertz CT molecular complexity index is 1280. The Morgan fingerprint density at radius 2 is 0.867 bits per heavy atom. The minimum absolute atomic E-state index is 0.0495. The molecule has 0 unspecified atom stereocenters. The molecule has 0 atom stereocenters. The van der Waals surface area contributed by atoms with Crippen molar-refractivity contribution in [2.45, 2.75) is 9.79 Å². The molecule has 2 aliphatic heterocycles. The van der Waals surface area contributed by atoms with E-state index in [9.17, 15) is 26.4 Å². The zero-order chi connectivity index (χ0) is 21.8. The van der Waals surface area contributed by atoms with E-state index in [1.807, 2.05) is 0 Å². The Kier molecular flexibility index (Phi) is 4.39. The van der Waals surface area contributed by atoms with Gasteiger partial charge in [-0.3, -0.25) is 18.7 Å². The largest absolute Gasteiger partial charge is 0.321 e. The summed E-state index contributed by atoms with van der Waals surface area (Å²) in [6.45, 7) is 0. The smallest absolute Gasteiger partial charge is 0.294 e. The van der Waals surface area contributed by atoms with Crippen LogP contribution in [0.1, 0.15) is 11.1 Å². The molecule has 154 valence electrons. The van der Waals surface area contributed by atoms with Crippen LogP contribution in [0, 0.1) is 0 Å². The number of benzene rings is 2. The molecule has 12 heteroatoms. The zero-order valence-corrected chi connectivity index (χ0v) is 16.4. The molecule has 2 aromatic rings. The van der Waals surface area contributed by atoms with Gasteiger partial charge in [0, 0.05) is 0 Å². The van der Waals surface area contributed by atoms with E-state index in [1.54, 1.807) is 0 Å². The van der Waals surface area contributed by atoms with Crippen LogP contribution < -0.4 is 10.6 Å². The number of fused-ring (bicyclic) bond motifs is 1. The van der Waals surface area contributed by atoms with Crippen LogP contribution in [0.2, 0.25) is 0 Å². The van der Waals surface area contributed by atoms with Crippen molar-refractivity contribution in [1.29, 1.82) is 0 Å². The third kappa shape index (κ3) is 3.31. The fourth-order valence-electron chi connectivity index (χ4n) is 3.20. The van der Waals surface area contributed by atoms with E-state index in [4.69, 9.17) is 9.11 Å². The van der Waals surface area contributed by atoms with Gasteiger partial charge >= 0.3 is 0 Å². The highest BCUT2D eigenvalue weighted by atomic mass is 32.2. The highest BCUT2D eigenvalue weighted by Crippen LogP contribution is 2.37. The summed E-state index contributed by atoms with van der Waals surface area (Å²) in [5.74, 6) is -1.16. The van der Waals surface area contributed by atoms with Crippen LogP contribution in [0.15, 0.2) is 69.5 Å². The molecule has 0 fully saturated rings. The zero-order valence-electron chi connectivity index (χ0n) is 14.8. The fraction of sp³-hybridized carbons (Fsp3) is 0. The van der Waals surface area contributed by atoms with E-state index in [1.165, 1.54) is 24.3 Å². The van der Waals surface area contributed by atoms with Crippen molar-refractivity contribution in [2.75, 3.05) is 0 Å². The van der Waals surface area contributed by atoms with Crippen LogP contribution in [-0.2, 0) is 29.8 Å². The molecule has 4 N–H and O–H groups in total. The van der Waals surface area contributed by atoms with Gasteiger partial charge in [-0.2, -0.15) is 16.8 Å². The monoisotopic (exact) mass is 448 g/mol. The third-order valence-corrected chi connectivity index (χ3v) is 6.30. The van der Waals surface area contributed by atoms with E-state index >= 15 is 0 Å². The van der Waals surface area contributed by atoms with Crippen LogP contribution in [0.4, 0.5) is 0 Å². The molecule has 0 bridgehead atoms. The predicted octanol–water partition coefficient (Wildman–Crippen LogP) is 0.562. The molecule has 2 aliphatic rings. The van der Waals surface area contributed by atoms with Crippen molar-refractivity contribution >= 4 is 43.4 Å². The number of carbonyl (C=O) groups is 2. The molecule has 0 radical (unpaired) electrons. The number of hydrogen-bond acceptors (Lipinski definition) is 6. The lowest BCUT2D eigenvalue weighted by molar-refractivity contribution is -0.117. The predicted molar refractivity (Wildman–Crippen MR) is 103 cm³/mol. The number of nitrogens with one attached hydrogen (secondary N) is 2. The lowest BCUT2D eigenvalue weighted by Crippen LogP contribution is -2.21. The molecule has 0 saturated carbocycles. The highest BCUT2D eigenvalue weighted by molar-refractivity contribution is 7.86. The van der Waals surface area contributed by atoms with Crippen molar-refractivity contribution in [2.24, 2.45) is 0 Å². The minimum atomic E-state index is -4.39. The first-order valence-electron chi connectivity index (χ1n) is 8.24. The molecule has 10 nitrogen and oxygen atoms in total. The molecule has 0 aliphatic carbocycles. The number of carbonyl (C=O) groups excluding carboxylic acids is 2. The number of hydrogen-bond donors (Lipinski definition) is 4. The lowest BCUT2D eigenvalue weighted by Gasteiger charge is -2.08. The van der Waals surface area contributed by atoms with Gasteiger partial charge in [0.25, 0.3) is 32.1 Å². The van der Waals surface area contributed by atoms with Gasteiger partial charge in [0.2, 0.25) is 0 Å². The second-order valence-corrected chi connectivity index (χ2v) is 9.25. The summed E-state index contributed by atoms with van der Waals surface area (Å²) < 4.78 is 62.9. The van der Waals surface area contributed by atoms with E-state index in [2.05, 4.69) is 10.6 Å². The Morgan fingerprint density at radius 1 is 0.567 bits per heavy atom. The summed E-state index contributed by atoms with van der Waals surface area (Å²) in [5, 5.41) is 5.14. The molecule has 2 aromatic carbocycles. The van der Waals surface area contributed by atoms with Crippen LogP contribution in [0.25, 0.3) is 11.4 Å². The average Bonchev–Trinajstić information content (AvgIpc) is 3.19. The third-order valence-electron chi connectivity index (χ3n) is 4.56. The van der Waals surface area contributed by atoms with Crippen LogP contribution in [0.3, 0.4) is 0 Å². The van der Waals surface area contributed by atoms with Gasteiger partial charge in [-0.15, -0.1) is 0 Å². The summed E-state index contributed by atoms with van der Waals surface area (Å²) >= 11 is 0. The van der Waals surface area contributed by atoms with Crippen molar-refractivity contribution in [1.82, 2.24) is 10.6 Å². The van der Waals surface area contributed by atoms with Crippen molar-refractivity contribution in [3.05, 3.63) is 70.8 Å². The SMILES string of the molecule is O=C1NC(c2ccc(S(=O)(=O)O)cc2)=C2C(=O)NC(c3ccc(S(=O)(=O)O)cc3)=C12. The Balaban J connectivity index is 1.81. The van der Waals surface area contributed by atoms with Gasteiger partial charge in [-0.05, 0) is 35.4 Å². The normalized spacial score (nSPS) is 16.6. The molecular formula is C18H12N2O8S2. The van der Waals surface area contributed by atoms with Gasteiger partial charge in [-0.25, -0.2) is 0 Å². The van der Waals surface area contributed by atoms with E-state index in [0.717, 1.165) is 24.3 Å². The second kappa shape index (κ2) is 6.60. The van der Waals surface area contributed by atoms with Crippen molar-refractivity contribution in [3.8, 4) is 0 Å². The standard InChI is InChI=1S/C18H12N2O8S2/c21-17-13-14(16(20-17)10-3-7-12(8-4-10)30(26,27)28)18(22)19-15(13)9-1-5-11(6-2-9)29(23,24)25/h1-8H,(H,19,22)(H,20,21)(H,23,24,25)(H,26,27,28). The summed E-state index contributed by atoms with van der Waals surface area (Å²) in [7, 11) is -8.79. The number of amides is 2. The summed E-state index contributed by atoms with van der Waals surface area (Å²) in [5.41, 5.74) is 1.12. The maximum atomic E-state index is 12.5. The Hall–Kier alpha value is -3.32. The molecule has 4 rings (SSSR count). The summed E-state index contributed by atoms with van der Waals surface area (Å²) in [6.07, 6.45) is 0. The summed E-state index contributed by atoms with van der Waals surface area (Å²) in [6, 6.07) is 9.87. The lowest BCUT2D eigenvalue weighted by atomic mass is 10.0. The van der Waals surface area contributed by atoms with Gasteiger partial charge in [0.05, 0.1) is 32.3 Å². The topological polar surface area (TPSA) is 167 Å². The van der Waals surface area contributed by atoms with Gasteiger partial charge in [0.15, 0.2) is 0 Å². The minimum Gasteiger partial charge on any atom is -0.321 e. The maximum absolute atomic E-state index is 12.5. The van der Waals surface area contributed by atoms with Crippen molar-refractivity contribution < 1.29 is 35.5 Å². The quantitative estimate of drug-likeness (QED) is 0.492. The fourth-order valence-corrected chi connectivity index (χ4v) is 4.16. The first-order valence-corrected chi connectivity index (χ1v) is 11.1. The number of rotatable bonds is 4. The molecule has 0 saturated heterocycles. The van der Waals surface area contributed by atoms with E-state index < -0.39 is 32.1 Å². The van der Waals surface area contributed by atoms with E-state index in [0.29, 0.717) is 11.1 Å². The second-order valence-electron chi connectivity index (χ2n) is 6.41. The maximum Gasteiger partial charge on any atom is 0.294 e. The molecule has 0 spiro atoms. The van der Waals surface area contributed by atoms with Gasteiger partial charge < -0.3 is 10.6 Å². The first kappa shape index (κ1) is 20.0. The van der Waals surface area contributed by atoms with Gasteiger partial charge in [-0.1, -0.05) is 24.3 Å². The Morgan fingerprint density at radius 3 is 1.13 bits per heavy atom. The summed E-state index contributed by atoms with van der Waals surface area (Å²) in [4.78, 5) is 24.4. The van der Waals surface area contributed by atoms with Gasteiger partial charge in [0.1, 0.15) is 0 Å². The molecule has 2 amide bonds. The molecule has 0 aromatic heterocycles. The molecule has 2 heterocycles. The molecular weight excluding hydrogens is 436 g/mol. The Labute approximate surface area is 170 Å². The highest BCUT2D eigenvalue weighted by Gasteiger charge is 2.40. The van der Waals surface area contributed by atoms with Crippen molar-refractivity contribution in [3.63, 3.8) is 0 Å².